The molecule has 0 aliphatic rings. The fourth-order valence-electron chi connectivity index (χ4n) is 2.79. The Morgan fingerprint density at radius 2 is 1.97 bits per heavy atom. The third-order valence-electron chi connectivity index (χ3n) is 4.87. The van der Waals surface area contributed by atoms with Gasteiger partial charge in [0, 0.05) is 16.7 Å². The van der Waals surface area contributed by atoms with E-state index < -0.39 is 5.41 Å². The molecular formula is C23H27N3O2S. The van der Waals surface area contributed by atoms with Crippen LogP contribution in [0.1, 0.15) is 52.5 Å². The number of rotatable bonds is 4. The van der Waals surface area contributed by atoms with Crippen LogP contribution in [-0.2, 0) is 4.79 Å². The minimum Gasteiger partial charge on any atom is -0.436 e. The number of hydrogen-bond donors (Lipinski definition) is 2. The summed E-state index contributed by atoms with van der Waals surface area (Å²) in [6.07, 6.45) is 1.08. The van der Waals surface area contributed by atoms with E-state index in [0.717, 1.165) is 28.8 Å². The molecule has 5 nitrogen and oxygen atoms in total. The normalized spacial score (nSPS) is 12.6. The topological polar surface area (TPSA) is 67.2 Å². The molecule has 0 aliphatic carbocycles. The zero-order chi connectivity index (χ0) is 21.2. The number of carbonyl (C=O) groups excluding carboxylic acids is 1. The molecule has 0 spiro atoms. The molecule has 2 aromatic carbocycles. The molecule has 0 unspecified atom stereocenters. The van der Waals surface area contributed by atoms with Crippen LogP contribution in [0, 0.1) is 5.41 Å². The first-order valence-corrected chi connectivity index (χ1v) is 10.2. The molecule has 0 bridgehead atoms. The van der Waals surface area contributed by atoms with Crippen molar-refractivity contribution in [2.24, 2.45) is 5.41 Å². The van der Waals surface area contributed by atoms with E-state index in [9.17, 15) is 4.79 Å². The minimum atomic E-state index is -0.514. The van der Waals surface area contributed by atoms with Gasteiger partial charge in [0.2, 0.25) is 11.8 Å². The van der Waals surface area contributed by atoms with Gasteiger partial charge in [0.1, 0.15) is 5.52 Å². The second-order valence-electron chi connectivity index (χ2n) is 8.29. The van der Waals surface area contributed by atoms with Gasteiger partial charge in [-0.15, -0.1) is 0 Å². The van der Waals surface area contributed by atoms with E-state index in [2.05, 4.69) is 41.6 Å². The summed E-state index contributed by atoms with van der Waals surface area (Å²) in [5, 5.41) is 6.03. The highest BCUT2D eigenvalue weighted by Gasteiger charge is 2.22. The van der Waals surface area contributed by atoms with Gasteiger partial charge in [-0.1, -0.05) is 46.8 Å². The van der Waals surface area contributed by atoms with Crippen molar-refractivity contribution in [3.63, 3.8) is 0 Å². The lowest BCUT2D eigenvalue weighted by Gasteiger charge is -2.18. The molecule has 0 aliphatic heterocycles. The van der Waals surface area contributed by atoms with Gasteiger partial charge in [0.05, 0.1) is 0 Å². The molecule has 6 heteroatoms. The van der Waals surface area contributed by atoms with Gasteiger partial charge in [-0.2, -0.15) is 0 Å². The Hall–Kier alpha value is -2.73. The van der Waals surface area contributed by atoms with Gasteiger partial charge in [-0.05, 0) is 60.5 Å². The van der Waals surface area contributed by atoms with E-state index in [1.54, 1.807) is 0 Å². The molecule has 3 rings (SSSR count). The van der Waals surface area contributed by atoms with E-state index in [1.165, 1.54) is 5.56 Å². The summed E-state index contributed by atoms with van der Waals surface area (Å²) in [6, 6.07) is 13.8. The average Bonchev–Trinajstić information content (AvgIpc) is 3.10. The first-order chi connectivity index (χ1) is 13.7. The average molecular weight is 410 g/mol. The first kappa shape index (κ1) is 21.0. The Labute approximate surface area is 176 Å². The lowest BCUT2D eigenvalue weighted by atomic mass is 9.96. The predicted molar refractivity (Wildman–Crippen MR) is 122 cm³/mol. The number of nitrogens with zero attached hydrogens (tertiary/aromatic N) is 1. The first-order valence-electron chi connectivity index (χ1n) is 9.80. The van der Waals surface area contributed by atoms with Gasteiger partial charge in [0.15, 0.2) is 10.7 Å². The van der Waals surface area contributed by atoms with Crippen LogP contribution in [0.15, 0.2) is 46.9 Å². The number of anilines is 1. The maximum Gasteiger partial charge on any atom is 0.231 e. The van der Waals surface area contributed by atoms with E-state index in [-0.39, 0.29) is 11.0 Å². The van der Waals surface area contributed by atoms with Gasteiger partial charge in [-0.25, -0.2) is 4.98 Å². The summed E-state index contributed by atoms with van der Waals surface area (Å²) in [5.41, 5.74) is 3.95. The SMILES string of the molecule is CC[C@@H](C)c1ccc2oc(-c3cccc(NC(=S)NC(=O)C(C)(C)C)c3)nc2c1. The Morgan fingerprint density at radius 1 is 1.21 bits per heavy atom. The second kappa shape index (κ2) is 8.33. The van der Waals surface area contributed by atoms with Crippen molar-refractivity contribution < 1.29 is 9.21 Å². The van der Waals surface area contributed by atoms with Gasteiger partial charge in [0.25, 0.3) is 0 Å². The van der Waals surface area contributed by atoms with E-state index in [1.807, 2.05) is 51.1 Å². The van der Waals surface area contributed by atoms with Crippen molar-refractivity contribution >= 4 is 40.0 Å². The highest BCUT2D eigenvalue weighted by molar-refractivity contribution is 7.80. The lowest BCUT2D eigenvalue weighted by Crippen LogP contribution is -2.41. The molecule has 0 radical (unpaired) electrons. The van der Waals surface area contributed by atoms with Crippen molar-refractivity contribution in [3.8, 4) is 11.5 Å². The number of thiocarbonyl (C=S) groups is 1. The predicted octanol–water partition coefficient (Wildman–Crippen LogP) is 5.87. The molecule has 29 heavy (non-hydrogen) atoms. The number of nitrogens with one attached hydrogen (secondary N) is 2. The molecule has 1 atom stereocenters. The maximum absolute atomic E-state index is 12.1. The zero-order valence-electron chi connectivity index (χ0n) is 17.5. The summed E-state index contributed by atoms with van der Waals surface area (Å²) >= 11 is 5.26. The van der Waals surface area contributed by atoms with Crippen LogP contribution >= 0.6 is 12.2 Å². The summed E-state index contributed by atoms with van der Waals surface area (Å²) in [4.78, 5) is 16.8. The Bertz CT molecular complexity index is 1050. The van der Waals surface area contributed by atoms with Crippen LogP contribution < -0.4 is 10.6 Å². The molecular weight excluding hydrogens is 382 g/mol. The third kappa shape index (κ3) is 5.01. The van der Waals surface area contributed by atoms with Crippen LogP contribution in [0.2, 0.25) is 0 Å². The second-order valence-corrected chi connectivity index (χ2v) is 8.70. The maximum atomic E-state index is 12.1. The van der Waals surface area contributed by atoms with E-state index >= 15 is 0 Å². The van der Waals surface area contributed by atoms with Gasteiger partial charge >= 0.3 is 0 Å². The number of benzene rings is 2. The Kier molecular flexibility index (Phi) is 6.03. The standard InChI is InChI=1S/C23H27N3O2S/c1-6-14(2)15-10-11-19-18(13-15)25-20(28-19)16-8-7-9-17(12-16)24-22(29)26-21(27)23(3,4)5/h7-14H,6H2,1-5H3,(H2,24,26,27,29)/t14-/m1/s1. The Morgan fingerprint density at radius 3 is 2.66 bits per heavy atom. The van der Waals surface area contributed by atoms with Crippen LogP contribution in [-0.4, -0.2) is 16.0 Å². The molecule has 0 saturated heterocycles. The largest absolute Gasteiger partial charge is 0.436 e. The molecule has 3 aromatic rings. The highest BCUT2D eigenvalue weighted by Crippen LogP contribution is 2.29. The third-order valence-corrected chi connectivity index (χ3v) is 5.07. The van der Waals surface area contributed by atoms with Crippen molar-refractivity contribution in [2.45, 2.75) is 47.0 Å². The van der Waals surface area contributed by atoms with Crippen LogP contribution in [0.5, 0.6) is 0 Å². The van der Waals surface area contributed by atoms with Crippen molar-refractivity contribution in [2.75, 3.05) is 5.32 Å². The van der Waals surface area contributed by atoms with Gasteiger partial charge < -0.3 is 15.1 Å². The number of fused-ring (bicyclic) bond motifs is 1. The molecule has 0 saturated carbocycles. The fourth-order valence-corrected chi connectivity index (χ4v) is 3.00. The fraction of sp³-hybridized carbons (Fsp3) is 0.348. The number of oxazole rings is 1. The molecule has 1 aromatic heterocycles. The number of carbonyl (C=O) groups is 1. The number of hydrogen-bond acceptors (Lipinski definition) is 4. The summed E-state index contributed by atoms with van der Waals surface area (Å²) < 4.78 is 5.95. The summed E-state index contributed by atoms with van der Waals surface area (Å²) in [7, 11) is 0. The monoisotopic (exact) mass is 409 g/mol. The molecule has 1 amide bonds. The van der Waals surface area contributed by atoms with Crippen molar-refractivity contribution in [1.82, 2.24) is 10.3 Å². The van der Waals surface area contributed by atoms with E-state index in [0.29, 0.717) is 11.8 Å². The smallest absolute Gasteiger partial charge is 0.231 e. The minimum absolute atomic E-state index is 0.137. The van der Waals surface area contributed by atoms with Crippen LogP contribution in [0.25, 0.3) is 22.6 Å². The van der Waals surface area contributed by atoms with Crippen molar-refractivity contribution in [3.05, 3.63) is 48.0 Å². The van der Waals surface area contributed by atoms with E-state index in [4.69, 9.17) is 16.6 Å². The lowest BCUT2D eigenvalue weighted by molar-refractivity contribution is -0.126. The van der Waals surface area contributed by atoms with Crippen LogP contribution in [0.4, 0.5) is 5.69 Å². The Balaban J connectivity index is 1.80. The van der Waals surface area contributed by atoms with Crippen LogP contribution in [0.3, 0.4) is 0 Å². The number of amides is 1. The highest BCUT2D eigenvalue weighted by atomic mass is 32.1. The molecule has 2 N–H and O–H groups in total. The molecule has 152 valence electrons. The zero-order valence-corrected chi connectivity index (χ0v) is 18.3. The quantitative estimate of drug-likeness (QED) is 0.528. The van der Waals surface area contributed by atoms with Crippen molar-refractivity contribution in [1.29, 1.82) is 0 Å². The molecule has 1 heterocycles. The summed E-state index contributed by atoms with van der Waals surface area (Å²) in [6.45, 7) is 9.90. The molecule has 0 fully saturated rings. The van der Waals surface area contributed by atoms with Gasteiger partial charge in [-0.3, -0.25) is 4.79 Å². The summed E-state index contributed by atoms with van der Waals surface area (Å²) in [5.74, 6) is 0.896. The number of aromatic nitrogens is 1.